The first-order chi connectivity index (χ1) is 10.2. The number of rotatable bonds is 6. The monoisotopic (exact) mass is 284 g/mol. The molecule has 21 heavy (non-hydrogen) atoms. The van der Waals surface area contributed by atoms with Gasteiger partial charge in [0.15, 0.2) is 0 Å². The highest BCUT2D eigenvalue weighted by Gasteiger charge is 2.12. The Labute approximate surface area is 124 Å². The maximum atomic E-state index is 12.2. The summed E-state index contributed by atoms with van der Waals surface area (Å²) < 4.78 is 0. The highest BCUT2D eigenvalue weighted by molar-refractivity contribution is 5.92. The van der Waals surface area contributed by atoms with E-state index in [1.807, 2.05) is 44.2 Å². The molecule has 0 aliphatic rings. The van der Waals surface area contributed by atoms with Crippen LogP contribution in [0.4, 0.5) is 5.82 Å². The van der Waals surface area contributed by atoms with Gasteiger partial charge in [-0.1, -0.05) is 30.3 Å². The predicted molar refractivity (Wildman–Crippen MR) is 83.3 cm³/mol. The van der Waals surface area contributed by atoms with Gasteiger partial charge in [-0.15, -0.1) is 0 Å². The summed E-state index contributed by atoms with van der Waals surface area (Å²) in [6.07, 6.45) is 3.87. The van der Waals surface area contributed by atoms with Gasteiger partial charge in [-0.25, -0.2) is 4.98 Å². The normalized spacial score (nSPS) is 11.7. The minimum atomic E-state index is -0.203. The van der Waals surface area contributed by atoms with Crippen molar-refractivity contribution in [1.82, 2.24) is 15.3 Å². The highest BCUT2D eigenvalue weighted by atomic mass is 16.1. The van der Waals surface area contributed by atoms with Gasteiger partial charge in [0, 0.05) is 12.6 Å². The average Bonchev–Trinajstić information content (AvgIpc) is 2.48. The second-order valence-corrected chi connectivity index (χ2v) is 4.88. The van der Waals surface area contributed by atoms with Crippen molar-refractivity contribution in [3.63, 3.8) is 0 Å². The number of anilines is 1. The minimum Gasteiger partial charge on any atom is -0.369 e. The molecule has 110 valence electrons. The van der Waals surface area contributed by atoms with E-state index in [0.29, 0.717) is 11.5 Å². The maximum Gasteiger partial charge on any atom is 0.271 e. The standard InChI is InChI=1S/C16H20N4O/c1-3-18-15-11-17-10-14(20-15)16(21)19-12(2)9-13-7-5-4-6-8-13/h4-8,10-12H,3,9H2,1-2H3,(H,18,20)(H,19,21). The summed E-state index contributed by atoms with van der Waals surface area (Å²) in [6, 6.07) is 10.1. The van der Waals surface area contributed by atoms with E-state index < -0.39 is 0 Å². The number of nitrogens with one attached hydrogen (secondary N) is 2. The molecule has 2 rings (SSSR count). The number of amides is 1. The van der Waals surface area contributed by atoms with E-state index in [1.54, 1.807) is 6.20 Å². The summed E-state index contributed by atoms with van der Waals surface area (Å²) >= 11 is 0. The smallest absolute Gasteiger partial charge is 0.271 e. The Kier molecular flexibility index (Phi) is 5.26. The van der Waals surface area contributed by atoms with Crippen molar-refractivity contribution in [3.05, 3.63) is 54.0 Å². The molecular weight excluding hydrogens is 264 g/mol. The fourth-order valence-electron chi connectivity index (χ4n) is 2.06. The number of hydrogen-bond acceptors (Lipinski definition) is 4. The Morgan fingerprint density at radius 3 is 2.71 bits per heavy atom. The first-order valence-electron chi connectivity index (χ1n) is 7.09. The lowest BCUT2D eigenvalue weighted by Crippen LogP contribution is -2.34. The summed E-state index contributed by atoms with van der Waals surface area (Å²) in [4.78, 5) is 20.4. The molecule has 1 heterocycles. The lowest BCUT2D eigenvalue weighted by atomic mass is 10.1. The third kappa shape index (κ3) is 4.56. The number of benzene rings is 1. The van der Waals surface area contributed by atoms with Crippen LogP contribution in [-0.2, 0) is 6.42 Å². The molecule has 0 spiro atoms. The lowest BCUT2D eigenvalue weighted by molar-refractivity contribution is 0.0935. The minimum absolute atomic E-state index is 0.0319. The Morgan fingerprint density at radius 1 is 1.24 bits per heavy atom. The van der Waals surface area contributed by atoms with Crippen molar-refractivity contribution >= 4 is 11.7 Å². The third-order valence-electron chi connectivity index (χ3n) is 2.99. The van der Waals surface area contributed by atoms with Crippen LogP contribution in [0.2, 0.25) is 0 Å². The quantitative estimate of drug-likeness (QED) is 0.854. The molecule has 0 saturated heterocycles. The van der Waals surface area contributed by atoms with E-state index in [2.05, 4.69) is 20.6 Å². The van der Waals surface area contributed by atoms with Crippen LogP contribution in [0.25, 0.3) is 0 Å². The van der Waals surface area contributed by atoms with Gasteiger partial charge in [0.1, 0.15) is 11.5 Å². The van der Waals surface area contributed by atoms with Crippen molar-refractivity contribution in [2.45, 2.75) is 26.3 Å². The van der Waals surface area contributed by atoms with Gasteiger partial charge >= 0.3 is 0 Å². The van der Waals surface area contributed by atoms with Crippen LogP contribution in [0.5, 0.6) is 0 Å². The zero-order valence-electron chi connectivity index (χ0n) is 12.3. The summed E-state index contributed by atoms with van der Waals surface area (Å²) in [5, 5.41) is 5.99. The predicted octanol–water partition coefficient (Wildman–Crippen LogP) is 2.27. The molecule has 0 aliphatic heterocycles. The highest BCUT2D eigenvalue weighted by Crippen LogP contribution is 2.05. The molecule has 0 saturated carbocycles. The largest absolute Gasteiger partial charge is 0.369 e. The van der Waals surface area contributed by atoms with Crippen LogP contribution in [0.1, 0.15) is 29.9 Å². The molecule has 0 bridgehead atoms. The van der Waals surface area contributed by atoms with Crippen molar-refractivity contribution in [3.8, 4) is 0 Å². The summed E-state index contributed by atoms with van der Waals surface area (Å²) in [6.45, 7) is 4.69. The van der Waals surface area contributed by atoms with Crippen molar-refractivity contribution in [1.29, 1.82) is 0 Å². The van der Waals surface area contributed by atoms with Crippen LogP contribution >= 0.6 is 0 Å². The molecule has 0 aliphatic carbocycles. The first-order valence-corrected chi connectivity index (χ1v) is 7.09. The zero-order chi connectivity index (χ0) is 15.1. The Bertz CT molecular complexity index is 586. The van der Waals surface area contributed by atoms with Crippen LogP contribution in [0.15, 0.2) is 42.7 Å². The van der Waals surface area contributed by atoms with Gasteiger partial charge < -0.3 is 10.6 Å². The Hall–Kier alpha value is -2.43. The third-order valence-corrected chi connectivity index (χ3v) is 2.99. The van der Waals surface area contributed by atoms with E-state index >= 15 is 0 Å². The van der Waals surface area contributed by atoms with Crippen molar-refractivity contribution in [2.24, 2.45) is 0 Å². The van der Waals surface area contributed by atoms with Crippen molar-refractivity contribution < 1.29 is 4.79 Å². The molecule has 5 nitrogen and oxygen atoms in total. The van der Waals surface area contributed by atoms with Crippen LogP contribution < -0.4 is 10.6 Å². The first kappa shape index (κ1) is 15.0. The number of hydrogen-bond donors (Lipinski definition) is 2. The molecule has 2 aromatic rings. The summed E-state index contributed by atoms with van der Waals surface area (Å²) in [5.41, 5.74) is 1.52. The fourth-order valence-corrected chi connectivity index (χ4v) is 2.06. The topological polar surface area (TPSA) is 66.9 Å². The Morgan fingerprint density at radius 2 is 2.00 bits per heavy atom. The molecule has 1 unspecified atom stereocenters. The number of aromatic nitrogens is 2. The van der Waals surface area contributed by atoms with Gasteiger partial charge in [-0.05, 0) is 25.8 Å². The number of nitrogens with zero attached hydrogens (tertiary/aromatic N) is 2. The fraction of sp³-hybridized carbons (Fsp3) is 0.312. The van der Waals surface area contributed by atoms with Gasteiger partial charge in [-0.3, -0.25) is 9.78 Å². The molecule has 0 radical (unpaired) electrons. The van der Waals surface area contributed by atoms with E-state index in [1.165, 1.54) is 11.8 Å². The molecule has 2 N–H and O–H groups in total. The van der Waals surface area contributed by atoms with E-state index in [-0.39, 0.29) is 11.9 Å². The Balaban J connectivity index is 1.96. The molecule has 5 heteroatoms. The van der Waals surface area contributed by atoms with Gasteiger partial charge in [0.25, 0.3) is 5.91 Å². The van der Waals surface area contributed by atoms with E-state index in [0.717, 1.165) is 13.0 Å². The summed E-state index contributed by atoms with van der Waals surface area (Å²) in [5.74, 6) is 0.409. The number of carbonyl (C=O) groups excluding carboxylic acids is 1. The van der Waals surface area contributed by atoms with Crippen LogP contribution in [0.3, 0.4) is 0 Å². The maximum absolute atomic E-state index is 12.2. The number of carbonyl (C=O) groups is 1. The SMILES string of the molecule is CCNc1cncc(C(=O)NC(C)Cc2ccccc2)n1. The second kappa shape index (κ2) is 7.38. The van der Waals surface area contributed by atoms with E-state index in [4.69, 9.17) is 0 Å². The molecule has 1 atom stereocenters. The van der Waals surface area contributed by atoms with Crippen LogP contribution in [0, 0.1) is 0 Å². The molecule has 0 fully saturated rings. The molecule has 1 aromatic carbocycles. The van der Waals surface area contributed by atoms with Crippen molar-refractivity contribution in [2.75, 3.05) is 11.9 Å². The van der Waals surface area contributed by atoms with Gasteiger partial charge in [0.2, 0.25) is 0 Å². The van der Waals surface area contributed by atoms with Crippen LogP contribution in [-0.4, -0.2) is 28.5 Å². The van der Waals surface area contributed by atoms with Gasteiger partial charge in [-0.2, -0.15) is 0 Å². The summed E-state index contributed by atoms with van der Waals surface area (Å²) in [7, 11) is 0. The molecular formula is C16H20N4O. The second-order valence-electron chi connectivity index (χ2n) is 4.88. The average molecular weight is 284 g/mol. The molecule has 1 aromatic heterocycles. The van der Waals surface area contributed by atoms with Gasteiger partial charge in [0.05, 0.1) is 12.4 Å². The van der Waals surface area contributed by atoms with E-state index in [9.17, 15) is 4.79 Å². The zero-order valence-corrected chi connectivity index (χ0v) is 12.3. The molecule has 1 amide bonds. The lowest BCUT2D eigenvalue weighted by Gasteiger charge is -2.14.